The van der Waals surface area contributed by atoms with E-state index in [1.165, 1.54) is 17.7 Å². The zero-order chi connectivity index (χ0) is 15.2. The minimum Gasteiger partial charge on any atom is -0.492 e. The maximum atomic E-state index is 13.0. The van der Waals surface area contributed by atoms with Crippen LogP contribution in [-0.2, 0) is 6.54 Å². The van der Waals surface area contributed by atoms with Gasteiger partial charge >= 0.3 is 0 Å². The number of nitrogens with one attached hydrogen (secondary N) is 1. The van der Waals surface area contributed by atoms with Gasteiger partial charge in [0.1, 0.15) is 18.2 Å². The zero-order valence-electron chi connectivity index (χ0n) is 12.2. The first-order chi connectivity index (χ1) is 10.0. The molecular formula is C17H19BrFNO. The molecule has 2 nitrogen and oxygen atoms in total. The van der Waals surface area contributed by atoms with E-state index in [1.807, 2.05) is 24.3 Å². The first-order valence-electron chi connectivity index (χ1n) is 6.91. The number of rotatable bonds is 6. The van der Waals surface area contributed by atoms with Gasteiger partial charge in [0, 0.05) is 17.1 Å². The van der Waals surface area contributed by atoms with Gasteiger partial charge in [0.25, 0.3) is 0 Å². The summed E-state index contributed by atoms with van der Waals surface area (Å²) in [5.74, 6) is 0.638. The first-order valence-corrected chi connectivity index (χ1v) is 7.70. The standard InChI is InChI=1S/C17H19BrFNO/c1-12-3-7-16(8-4-12)21-11-13(2)20-10-14-5-6-15(19)9-17(14)18/h3-9,13,20H,10-11H2,1-2H3. The number of hydrogen-bond donors (Lipinski definition) is 1. The number of aryl methyl sites for hydroxylation is 1. The molecule has 112 valence electrons. The fourth-order valence-electron chi connectivity index (χ4n) is 1.86. The number of hydrogen-bond acceptors (Lipinski definition) is 2. The Morgan fingerprint density at radius 2 is 1.90 bits per heavy atom. The van der Waals surface area contributed by atoms with Crippen molar-refractivity contribution in [3.05, 3.63) is 63.9 Å². The van der Waals surface area contributed by atoms with Crippen molar-refractivity contribution in [3.8, 4) is 5.75 Å². The van der Waals surface area contributed by atoms with E-state index in [-0.39, 0.29) is 11.9 Å². The summed E-state index contributed by atoms with van der Waals surface area (Å²) in [7, 11) is 0. The topological polar surface area (TPSA) is 21.3 Å². The van der Waals surface area contributed by atoms with Gasteiger partial charge in [0.05, 0.1) is 0 Å². The van der Waals surface area contributed by atoms with E-state index in [0.717, 1.165) is 15.8 Å². The van der Waals surface area contributed by atoms with Crippen LogP contribution in [0.15, 0.2) is 46.9 Å². The van der Waals surface area contributed by atoms with E-state index in [9.17, 15) is 4.39 Å². The molecule has 4 heteroatoms. The Morgan fingerprint density at radius 1 is 1.19 bits per heavy atom. The molecule has 0 aliphatic rings. The van der Waals surface area contributed by atoms with Gasteiger partial charge in [0.2, 0.25) is 0 Å². The third-order valence-electron chi connectivity index (χ3n) is 3.18. The highest BCUT2D eigenvalue weighted by molar-refractivity contribution is 9.10. The van der Waals surface area contributed by atoms with Crippen LogP contribution in [0.2, 0.25) is 0 Å². The Kier molecular flexibility index (Phi) is 5.76. The number of benzene rings is 2. The minimum absolute atomic E-state index is 0.197. The molecule has 2 aromatic rings. The average Bonchev–Trinajstić information content (AvgIpc) is 2.46. The lowest BCUT2D eigenvalue weighted by Gasteiger charge is -2.16. The third kappa shape index (κ3) is 5.14. The lowest BCUT2D eigenvalue weighted by molar-refractivity contribution is 0.272. The van der Waals surface area contributed by atoms with Crippen molar-refractivity contribution in [2.45, 2.75) is 26.4 Å². The van der Waals surface area contributed by atoms with E-state index in [4.69, 9.17) is 4.74 Å². The van der Waals surface area contributed by atoms with Crippen molar-refractivity contribution in [1.82, 2.24) is 5.32 Å². The molecule has 1 N–H and O–H groups in total. The van der Waals surface area contributed by atoms with E-state index in [2.05, 4.69) is 35.1 Å². The molecular weight excluding hydrogens is 333 g/mol. The normalized spacial score (nSPS) is 12.2. The molecule has 1 atom stereocenters. The zero-order valence-corrected chi connectivity index (χ0v) is 13.8. The second kappa shape index (κ2) is 7.57. The Labute approximate surface area is 133 Å². The molecule has 0 aromatic heterocycles. The predicted molar refractivity (Wildman–Crippen MR) is 87.1 cm³/mol. The number of ether oxygens (including phenoxy) is 1. The maximum Gasteiger partial charge on any atom is 0.124 e. The van der Waals surface area contributed by atoms with E-state index in [1.54, 1.807) is 6.07 Å². The molecule has 0 bridgehead atoms. The van der Waals surface area contributed by atoms with Crippen molar-refractivity contribution in [2.75, 3.05) is 6.61 Å². The highest BCUT2D eigenvalue weighted by Gasteiger charge is 2.06. The highest BCUT2D eigenvalue weighted by atomic mass is 79.9. The van der Waals surface area contributed by atoms with Gasteiger partial charge in [-0.3, -0.25) is 0 Å². The summed E-state index contributed by atoms with van der Waals surface area (Å²) in [6, 6.07) is 12.9. The van der Waals surface area contributed by atoms with Gasteiger partial charge in [-0.25, -0.2) is 4.39 Å². The largest absolute Gasteiger partial charge is 0.492 e. The van der Waals surface area contributed by atoms with Crippen LogP contribution in [0.5, 0.6) is 5.75 Å². The summed E-state index contributed by atoms with van der Waals surface area (Å²) < 4.78 is 19.5. The second-order valence-electron chi connectivity index (χ2n) is 5.14. The Hall–Kier alpha value is -1.39. The minimum atomic E-state index is -0.235. The van der Waals surface area contributed by atoms with Gasteiger partial charge in [-0.2, -0.15) is 0 Å². The van der Waals surface area contributed by atoms with E-state index >= 15 is 0 Å². The molecule has 21 heavy (non-hydrogen) atoms. The van der Waals surface area contributed by atoms with Crippen LogP contribution in [0.3, 0.4) is 0 Å². The van der Waals surface area contributed by atoms with Crippen molar-refractivity contribution >= 4 is 15.9 Å². The first kappa shape index (κ1) is 16.0. The molecule has 0 amide bonds. The van der Waals surface area contributed by atoms with Gasteiger partial charge in [-0.05, 0) is 43.7 Å². The van der Waals surface area contributed by atoms with Crippen LogP contribution >= 0.6 is 15.9 Å². The summed E-state index contributed by atoms with van der Waals surface area (Å²) in [6.45, 7) is 5.36. The molecule has 2 rings (SSSR count). The van der Waals surface area contributed by atoms with Crippen LogP contribution < -0.4 is 10.1 Å². The second-order valence-corrected chi connectivity index (χ2v) is 6.00. The third-order valence-corrected chi connectivity index (χ3v) is 3.92. The highest BCUT2D eigenvalue weighted by Crippen LogP contribution is 2.18. The summed E-state index contributed by atoms with van der Waals surface area (Å²) >= 11 is 3.37. The molecule has 2 aromatic carbocycles. The van der Waals surface area contributed by atoms with Crippen molar-refractivity contribution in [2.24, 2.45) is 0 Å². The Balaban J connectivity index is 1.79. The fourth-order valence-corrected chi connectivity index (χ4v) is 2.35. The summed E-state index contributed by atoms with van der Waals surface area (Å²) in [4.78, 5) is 0. The molecule has 0 saturated heterocycles. The van der Waals surface area contributed by atoms with Crippen LogP contribution in [0.25, 0.3) is 0 Å². The van der Waals surface area contributed by atoms with Crippen molar-refractivity contribution in [3.63, 3.8) is 0 Å². The molecule has 0 aliphatic carbocycles. The van der Waals surface area contributed by atoms with Gasteiger partial charge in [-0.1, -0.05) is 39.7 Å². The van der Waals surface area contributed by atoms with E-state index < -0.39 is 0 Å². The average molecular weight is 352 g/mol. The fraction of sp³-hybridized carbons (Fsp3) is 0.294. The summed E-state index contributed by atoms with van der Waals surface area (Å²) in [5.41, 5.74) is 2.24. The molecule has 0 spiro atoms. The lowest BCUT2D eigenvalue weighted by atomic mass is 10.2. The van der Waals surface area contributed by atoms with Crippen LogP contribution in [0.1, 0.15) is 18.1 Å². The van der Waals surface area contributed by atoms with Crippen LogP contribution in [0, 0.1) is 12.7 Å². The lowest BCUT2D eigenvalue weighted by Crippen LogP contribution is -2.31. The number of halogens is 2. The maximum absolute atomic E-state index is 13.0. The molecule has 0 fully saturated rings. The monoisotopic (exact) mass is 351 g/mol. The Morgan fingerprint density at radius 3 is 2.57 bits per heavy atom. The summed E-state index contributed by atoms with van der Waals surface area (Å²) in [6.07, 6.45) is 0. The Bertz CT molecular complexity index is 586. The molecule has 1 unspecified atom stereocenters. The molecule has 0 heterocycles. The van der Waals surface area contributed by atoms with Crippen molar-refractivity contribution < 1.29 is 9.13 Å². The predicted octanol–water partition coefficient (Wildman–Crippen LogP) is 4.45. The van der Waals surface area contributed by atoms with Gasteiger partial charge < -0.3 is 10.1 Å². The molecule has 0 aliphatic heterocycles. The van der Waals surface area contributed by atoms with Gasteiger partial charge in [-0.15, -0.1) is 0 Å². The van der Waals surface area contributed by atoms with Crippen molar-refractivity contribution in [1.29, 1.82) is 0 Å². The summed E-state index contributed by atoms with van der Waals surface area (Å²) in [5, 5.41) is 3.36. The molecule has 0 radical (unpaired) electrons. The van der Waals surface area contributed by atoms with Gasteiger partial charge in [0.15, 0.2) is 0 Å². The van der Waals surface area contributed by atoms with Crippen LogP contribution in [0.4, 0.5) is 4.39 Å². The molecule has 0 saturated carbocycles. The van der Waals surface area contributed by atoms with Crippen LogP contribution in [-0.4, -0.2) is 12.6 Å². The quantitative estimate of drug-likeness (QED) is 0.829. The SMILES string of the molecule is Cc1ccc(OCC(C)NCc2ccc(F)cc2Br)cc1. The smallest absolute Gasteiger partial charge is 0.124 e. The van der Waals surface area contributed by atoms with E-state index in [0.29, 0.717) is 13.2 Å².